The van der Waals surface area contributed by atoms with Crippen molar-refractivity contribution in [1.82, 2.24) is 0 Å². The Morgan fingerprint density at radius 1 is 1.26 bits per heavy atom. The van der Waals surface area contributed by atoms with Crippen LogP contribution < -0.4 is 4.74 Å². The van der Waals surface area contributed by atoms with E-state index in [-0.39, 0.29) is 5.78 Å². The molecule has 0 aliphatic carbocycles. The Morgan fingerprint density at radius 3 is 2.42 bits per heavy atom. The summed E-state index contributed by atoms with van der Waals surface area (Å²) >= 11 is 0. The van der Waals surface area contributed by atoms with Gasteiger partial charge in [-0.05, 0) is 55.0 Å². The molecule has 0 unspecified atom stereocenters. The Balaban J connectivity index is 2.28. The van der Waals surface area contributed by atoms with Crippen LogP contribution in [0.3, 0.4) is 0 Å². The lowest BCUT2D eigenvalue weighted by Gasteiger charge is -2.25. The minimum absolute atomic E-state index is 0.0947. The van der Waals surface area contributed by atoms with E-state index in [1.54, 1.807) is 20.1 Å². The van der Waals surface area contributed by atoms with Crippen LogP contribution in [0.5, 0.6) is 5.75 Å². The fourth-order valence-electron chi connectivity index (χ4n) is 2.45. The summed E-state index contributed by atoms with van der Waals surface area (Å²) in [5, 5.41) is 0. The highest BCUT2D eigenvalue weighted by Crippen LogP contribution is 2.32. The van der Waals surface area contributed by atoms with Gasteiger partial charge in [0.1, 0.15) is 5.75 Å². The molecule has 0 atom stereocenters. The average molecular weight is 260 g/mol. The smallest absolute Gasteiger partial charge is 0.152 e. The molecule has 0 saturated carbocycles. The maximum Gasteiger partial charge on any atom is 0.152 e. The molecule has 3 heteroatoms. The van der Waals surface area contributed by atoms with Gasteiger partial charge >= 0.3 is 0 Å². The van der Waals surface area contributed by atoms with Crippen LogP contribution in [0.15, 0.2) is 30.3 Å². The molecule has 1 saturated heterocycles. The summed E-state index contributed by atoms with van der Waals surface area (Å²) in [6.07, 6.45) is 3.72. The van der Waals surface area contributed by atoms with Gasteiger partial charge in [0.2, 0.25) is 0 Å². The van der Waals surface area contributed by atoms with Gasteiger partial charge in [0.25, 0.3) is 0 Å². The van der Waals surface area contributed by atoms with E-state index in [1.165, 1.54) is 0 Å². The highest BCUT2D eigenvalue weighted by atomic mass is 16.5. The normalized spacial score (nSPS) is 17.3. The highest BCUT2D eigenvalue weighted by molar-refractivity contribution is 5.95. The fourth-order valence-corrected chi connectivity index (χ4v) is 2.45. The third-order valence-corrected chi connectivity index (χ3v) is 3.44. The standard InChI is InChI=1S/C16H20O3/c1-12(17)11-16(14-7-9-19-10-8-14)13-3-5-15(18-2)6-4-13/h3-6,11,14H,7-10H2,1-2H3. The molecule has 3 nitrogen and oxygen atoms in total. The number of hydrogen-bond donors (Lipinski definition) is 0. The molecule has 102 valence electrons. The second kappa shape index (κ2) is 6.53. The fraction of sp³-hybridized carbons (Fsp3) is 0.438. The zero-order valence-corrected chi connectivity index (χ0v) is 11.5. The average Bonchev–Trinajstić information content (AvgIpc) is 2.46. The van der Waals surface area contributed by atoms with Gasteiger partial charge in [0.15, 0.2) is 5.78 Å². The van der Waals surface area contributed by atoms with Crippen molar-refractivity contribution in [2.75, 3.05) is 20.3 Å². The van der Waals surface area contributed by atoms with Crippen LogP contribution in [0, 0.1) is 5.92 Å². The lowest BCUT2D eigenvalue weighted by atomic mass is 9.86. The molecule has 0 radical (unpaired) electrons. The van der Waals surface area contributed by atoms with E-state index < -0.39 is 0 Å². The molecule has 0 N–H and O–H groups in total. The summed E-state index contributed by atoms with van der Waals surface area (Å²) in [7, 11) is 1.65. The first-order valence-corrected chi connectivity index (χ1v) is 6.65. The Labute approximate surface area is 114 Å². The first-order chi connectivity index (χ1) is 9.20. The zero-order chi connectivity index (χ0) is 13.7. The van der Waals surface area contributed by atoms with Gasteiger partial charge in [-0.1, -0.05) is 12.1 Å². The molecule has 0 spiro atoms. The summed E-state index contributed by atoms with van der Waals surface area (Å²) in [4.78, 5) is 11.5. The Kier molecular flexibility index (Phi) is 4.74. The third kappa shape index (κ3) is 3.67. The second-order valence-electron chi connectivity index (χ2n) is 4.83. The van der Waals surface area contributed by atoms with Crippen LogP contribution in [0.2, 0.25) is 0 Å². The molecule has 1 fully saturated rings. The van der Waals surface area contributed by atoms with Crippen LogP contribution in [0.1, 0.15) is 25.3 Å². The van der Waals surface area contributed by atoms with Crippen molar-refractivity contribution < 1.29 is 14.3 Å². The van der Waals surface area contributed by atoms with Crippen molar-refractivity contribution in [3.63, 3.8) is 0 Å². The highest BCUT2D eigenvalue weighted by Gasteiger charge is 2.20. The SMILES string of the molecule is COc1ccc(C(=CC(C)=O)C2CCOCC2)cc1. The van der Waals surface area contributed by atoms with Gasteiger partial charge in [-0.3, -0.25) is 4.79 Å². The number of ether oxygens (including phenoxy) is 2. The Morgan fingerprint density at radius 2 is 1.89 bits per heavy atom. The molecule has 0 aromatic heterocycles. The number of carbonyl (C=O) groups is 1. The first kappa shape index (κ1) is 13.8. The molecule has 1 aromatic rings. The summed E-state index contributed by atoms with van der Waals surface area (Å²) in [6.45, 7) is 3.15. The molecule has 1 heterocycles. The predicted octanol–water partition coefficient (Wildman–Crippen LogP) is 3.09. The number of methoxy groups -OCH3 is 1. The van der Waals surface area contributed by atoms with Crippen molar-refractivity contribution in [2.24, 2.45) is 5.92 Å². The van der Waals surface area contributed by atoms with Gasteiger partial charge in [0, 0.05) is 13.2 Å². The number of benzene rings is 1. The third-order valence-electron chi connectivity index (χ3n) is 3.44. The van der Waals surface area contributed by atoms with Gasteiger partial charge in [-0.25, -0.2) is 0 Å². The number of hydrogen-bond acceptors (Lipinski definition) is 3. The van der Waals surface area contributed by atoms with E-state index in [2.05, 4.69) is 0 Å². The largest absolute Gasteiger partial charge is 0.497 e. The molecule has 19 heavy (non-hydrogen) atoms. The molecule has 1 aromatic carbocycles. The van der Waals surface area contributed by atoms with E-state index in [0.717, 1.165) is 42.9 Å². The molecule has 0 amide bonds. The van der Waals surface area contributed by atoms with Crippen molar-refractivity contribution in [2.45, 2.75) is 19.8 Å². The summed E-state index contributed by atoms with van der Waals surface area (Å²) in [5.74, 6) is 1.33. The summed E-state index contributed by atoms with van der Waals surface area (Å²) in [5.41, 5.74) is 2.22. The minimum Gasteiger partial charge on any atom is -0.497 e. The van der Waals surface area contributed by atoms with E-state index >= 15 is 0 Å². The van der Waals surface area contributed by atoms with Crippen LogP contribution >= 0.6 is 0 Å². The second-order valence-corrected chi connectivity index (χ2v) is 4.83. The number of ketones is 1. The maximum absolute atomic E-state index is 11.5. The molecular formula is C16H20O3. The maximum atomic E-state index is 11.5. The number of carbonyl (C=O) groups excluding carboxylic acids is 1. The Bertz CT molecular complexity index is 453. The molecule has 2 rings (SSSR count). The van der Waals surface area contributed by atoms with Crippen molar-refractivity contribution in [1.29, 1.82) is 0 Å². The zero-order valence-electron chi connectivity index (χ0n) is 11.5. The van der Waals surface area contributed by atoms with Crippen LogP contribution in [0.4, 0.5) is 0 Å². The minimum atomic E-state index is 0.0947. The topological polar surface area (TPSA) is 35.5 Å². The number of allylic oxidation sites excluding steroid dienone is 2. The van der Waals surface area contributed by atoms with E-state index in [0.29, 0.717) is 5.92 Å². The molecule has 1 aliphatic rings. The molecule has 0 bridgehead atoms. The summed E-state index contributed by atoms with van der Waals surface area (Å²) in [6, 6.07) is 7.90. The monoisotopic (exact) mass is 260 g/mol. The van der Waals surface area contributed by atoms with E-state index in [1.807, 2.05) is 24.3 Å². The number of rotatable bonds is 4. The van der Waals surface area contributed by atoms with E-state index in [4.69, 9.17) is 9.47 Å². The van der Waals surface area contributed by atoms with Gasteiger partial charge < -0.3 is 9.47 Å². The summed E-state index contributed by atoms with van der Waals surface area (Å²) < 4.78 is 10.6. The van der Waals surface area contributed by atoms with Crippen molar-refractivity contribution in [3.8, 4) is 5.75 Å². The lowest BCUT2D eigenvalue weighted by Crippen LogP contribution is -2.17. The quantitative estimate of drug-likeness (QED) is 0.780. The van der Waals surface area contributed by atoms with Crippen LogP contribution in [0.25, 0.3) is 5.57 Å². The Hall–Kier alpha value is -1.61. The van der Waals surface area contributed by atoms with Crippen molar-refractivity contribution >= 4 is 11.4 Å². The first-order valence-electron chi connectivity index (χ1n) is 6.65. The molecular weight excluding hydrogens is 240 g/mol. The van der Waals surface area contributed by atoms with Gasteiger partial charge in [0.05, 0.1) is 7.11 Å². The van der Waals surface area contributed by atoms with Crippen LogP contribution in [-0.2, 0) is 9.53 Å². The predicted molar refractivity (Wildman–Crippen MR) is 75.2 cm³/mol. The lowest BCUT2D eigenvalue weighted by molar-refractivity contribution is -0.112. The van der Waals surface area contributed by atoms with E-state index in [9.17, 15) is 4.79 Å². The van der Waals surface area contributed by atoms with Gasteiger partial charge in [-0.15, -0.1) is 0 Å². The molecule has 1 aliphatic heterocycles. The van der Waals surface area contributed by atoms with Gasteiger partial charge in [-0.2, -0.15) is 0 Å². The van der Waals surface area contributed by atoms with Crippen LogP contribution in [-0.4, -0.2) is 26.1 Å². The van der Waals surface area contributed by atoms with Crippen molar-refractivity contribution in [3.05, 3.63) is 35.9 Å².